The fourth-order valence-electron chi connectivity index (χ4n) is 0. The second-order valence-electron chi connectivity index (χ2n) is 12.1. The second-order valence-corrected chi connectivity index (χ2v) is 12.6. The maximum atomic E-state index is 11.2. The fourth-order valence-corrected chi connectivity index (χ4v) is 0. The van der Waals surface area contributed by atoms with E-state index in [1.54, 1.807) is 55.6 Å². The number of methoxy groups -OCH3 is 3. The molecule has 576 valence electrons. The van der Waals surface area contributed by atoms with Crippen molar-refractivity contribution < 1.29 is 179 Å². The Labute approximate surface area is 653 Å². The van der Waals surface area contributed by atoms with E-state index in [0.717, 1.165) is 27.4 Å². The molecule has 17 nitrogen and oxygen atoms in total. The van der Waals surface area contributed by atoms with Crippen LogP contribution in [0.5, 0.6) is 0 Å². The van der Waals surface area contributed by atoms with Crippen LogP contribution >= 0.6 is 12.2 Å². The molecule has 0 aromatic heterocycles. The third-order valence-electron chi connectivity index (χ3n) is 2.70. The molecule has 0 spiro atoms. The molecule has 93 heavy (non-hydrogen) atoms. The van der Waals surface area contributed by atoms with Crippen molar-refractivity contribution in [1.29, 1.82) is 0 Å². The van der Waals surface area contributed by atoms with Gasteiger partial charge < -0.3 is 65.0 Å². The van der Waals surface area contributed by atoms with E-state index in [4.69, 9.17) is 61.9 Å². The number of aliphatic carboxylic acids is 1. The number of hydrogen-bond donors (Lipinski definition) is 9. The molecule has 0 unspecified atom stereocenters. The van der Waals surface area contributed by atoms with E-state index in [1.807, 2.05) is 204 Å². The van der Waals surface area contributed by atoms with Gasteiger partial charge in [0.15, 0.2) is 5.05 Å². The molecular weight excluding hydrogens is 1260 g/mol. The third kappa shape index (κ3) is 4380. The van der Waals surface area contributed by atoms with Crippen LogP contribution in [0, 0.1) is 36.5 Å². The molecule has 0 aliphatic heterocycles. The molecule has 0 bridgehead atoms. The van der Waals surface area contributed by atoms with Crippen LogP contribution in [0.25, 0.3) is 0 Å². The molecule has 0 aromatic rings. The average molecular weight is 1430 g/mol. The molecular formula is C68H167B2F3KNaO17S. The van der Waals surface area contributed by atoms with Gasteiger partial charge >= 0.3 is 107 Å². The zero-order valence-corrected chi connectivity index (χ0v) is 77.1. The number of rotatable bonds is 2. The zero-order valence-electron chi connectivity index (χ0n) is 71.2. The van der Waals surface area contributed by atoms with Gasteiger partial charge in [-0.1, -0.05) is 236 Å². The average Bonchev–Trinajstić information content (AvgIpc) is 3.53. The zero-order chi connectivity index (χ0) is 82.0. The maximum Gasteiger partial charge on any atom is 1.00 e. The van der Waals surface area contributed by atoms with Gasteiger partial charge in [0.05, 0.1) is 21.4 Å². The molecule has 0 heterocycles. The van der Waals surface area contributed by atoms with Crippen LogP contribution in [0.4, 0.5) is 13.2 Å². The van der Waals surface area contributed by atoms with Crippen LogP contribution in [-0.4, -0.2) is 142 Å². The Bertz CT molecular complexity index is 1010. The van der Waals surface area contributed by atoms with E-state index >= 15 is 0 Å². The van der Waals surface area contributed by atoms with Crippen LogP contribution in [0.1, 0.15) is 303 Å². The van der Waals surface area contributed by atoms with Crippen LogP contribution in [-0.2, 0) is 28.6 Å². The number of thiocarbonyl (C=S) groups is 1. The van der Waals surface area contributed by atoms with E-state index in [9.17, 15) is 23.1 Å². The summed E-state index contributed by atoms with van der Waals surface area (Å²) in [5, 5.41) is 76.1. The standard InChI is InChI=1S/C5H8O.C4H9O.C4H10.2C4H8.C4H6.C3H6F2O.C3H6O2.C3H6OS.C3H8.C3H4.C2H4O2.C2H4O.10C2H6.2CH5BO2.CH3F.CH4O.K.Na.H2O2.H2O/c1-4-5(2,3)6;1-4(2,3)5;4*1-3-4-2;1-3(4,5)6-2;1-3(4)5-2;1-3(5)4-2;2*1-3-2;1-2(3)4;1-2-3;10*1-2;2*1-2(3)4;2*1-2;;;1-2;/h1,6H,2-3H3;1-3H3;3-4H2,1-2H3;2*3-4H,1-2H3;1-2H3;1-2H3;2*1-2H3;3H2,1-2H3;1H,2H3;1H3,(H,3,4);2H,1H3;10*1-2H3;2*3-4H,1H3;1H3;2H,1H3;;;1-2H;1H2/q;-1;;;;;;;;;;;;;;;;;;;;;;;;;;2*+1;;/p-1. The Morgan fingerprint density at radius 2 is 0.645 bits per heavy atom. The third-order valence-corrected chi connectivity index (χ3v) is 2.87. The summed E-state index contributed by atoms with van der Waals surface area (Å²) in [7, 11) is 3.03. The minimum Gasteiger partial charge on any atom is -0.870 e. The number of carbonyl (C=O) groups is 3. The van der Waals surface area contributed by atoms with Gasteiger partial charge in [-0.25, -0.2) is 0 Å². The largest absolute Gasteiger partial charge is 1.00 e. The summed E-state index contributed by atoms with van der Waals surface area (Å²) in [6, 6.07) is 0. The number of ether oxygens (including phenoxy) is 3. The Morgan fingerprint density at radius 1 is 0.570 bits per heavy atom. The van der Waals surface area contributed by atoms with Crippen LogP contribution in [0.15, 0.2) is 24.3 Å². The number of allylic oxidation sites excluding steroid dienone is 4. The van der Waals surface area contributed by atoms with E-state index in [-0.39, 0.29) is 92.4 Å². The Kier molecular flexibility index (Phi) is 736. The first kappa shape index (κ1) is 205. The maximum absolute atomic E-state index is 11.2. The molecule has 0 saturated heterocycles. The van der Waals surface area contributed by atoms with Crippen molar-refractivity contribution in [2.24, 2.45) is 0 Å². The smallest absolute Gasteiger partial charge is 0.870 e. The number of carboxylic acids is 1. The van der Waals surface area contributed by atoms with Gasteiger partial charge in [-0.15, -0.1) is 36.2 Å². The molecule has 0 aliphatic carbocycles. The number of hydrogen-bond acceptors (Lipinski definition) is 17. The van der Waals surface area contributed by atoms with E-state index in [2.05, 4.69) is 84.2 Å². The molecule has 0 saturated carbocycles. The van der Waals surface area contributed by atoms with Gasteiger partial charge in [-0.05, 0) is 95.1 Å². The molecule has 0 aromatic carbocycles. The van der Waals surface area contributed by atoms with Gasteiger partial charge in [-0.3, -0.25) is 24.5 Å². The number of terminal acetylenes is 2. The summed E-state index contributed by atoms with van der Waals surface area (Å²) in [5.41, 5.74) is -1.68. The second kappa shape index (κ2) is 334. The molecule has 0 rings (SSSR count). The summed E-state index contributed by atoms with van der Waals surface area (Å²) in [6.45, 7) is 78.8. The molecule has 0 amide bonds. The molecule has 0 fully saturated rings. The van der Waals surface area contributed by atoms with Gasteiger partial charge in [-0.2, -0.15) is 8.78 Å². The topological polar surface area (TPSA) is 314 Å². The summed E-state index contributed by atoms with van der Waals surface area (Å²) in [6.07, 6.45) is 19.1. The van der Waals surface area contributed by atoms with Crippen molar-refractivity contribution in [2.45, 2.75) is 334 Å². The molecule has 0 atom stereocenters. The van der Waals surface area contributed by atoms with Crippen molar-refractivity contribution in [2.75, 3.05) is 35.6 Å². The normalized spacial score (nSPS) is 6.22. The van der Waals surface area contributed by atoms with Crippen molar-refractivity contribution in [3.63, 3.8) is 0 Å². The van der Waals surface area contributed by atoms with Gasteiger partial charge in [0.25, 0.3) is 5.97 Å². The first-order valence-electron chi connectivity index (χ1n) is 30.9. The first-order chi connectivity index (χ1) is 41.8. The number of alkyl halides is 3. The number of aliphatic hydroxyl groups excluding tert-OH is 1. The number of unbranched alkanes of at least 4 members (excludes halogenated alkanes) is 1. The van der Waals surface area contributed by atoms with E-state index in [0.29, 0.717) is 19.2 Å². The van der Waals surface area contributed by atoms with Gasteiger partial charge in [0.1, 0.15) is 11.9 Å². The summed E-state index contributed by atoms with van der Waals surface area (Å²) >= 11 is 4.47. The van der Waals surface area contributed by atoms with Crippen molar-refractivity contribution >= 4 is 49.7 Å². The Balaban J connectivity index is -0.0000000149. The summed E-state index contributed by atoms with van der Waals surface area (Å²) in [4.78, 5) is 27.4. The summed E-state index contributed by atoms with van der Waals surface area (Å²) in [5.74, 6) is 8.69. The molecule has 10 N–H and O–H groups in total. The minimum atomic E-state index is -2.96. The fraction of sp³-hybridized carbons (Fsp3) is 0.794. The van der Waals surface area contributed by atoms with Crippen LogP contribution in [0.2, 0.25) is 13.6 Å². The monoisotopic (exact) mass is 1430 g/mol. The molecule has 0 aliphatic rings. The molecule has 25 heteroatoms. The van der Waals surface area contributed by atoms with E-state index in [1.165, 1.54) is 53.9 Å². The predicted octanol–water partition coefficient (Wildman–Crippen LogP) is 13.8. The van der Waals surface area contributed by atoms with Crippen molar-refractivity contribution in [3.8, 4) is 36.5 Å². The van der Waals surface area contributed by atoms with Crippen LogP contribution in [0.3, 0.4) is 0 Å². The van der Waals surface area contributed by atoms with Crippen molar-refractivity contribution in [3.05, 3.63) is 24.3 Å². The number of aliphatic hydroxyl groups is 2. The van der Waals surface area contributed by atoms with Gasteiger partial charge in [0.2, 0.25) is 0 Å². The summed E-state index contributed by atoms with van der Waals surface area (Å²) < 4.78 is 44.2. The quantitative estimate of drug-likeness (QED) is 0.0181. The Hall–Kier alpha value is -1.22. The SMILES string of the molecule is C#CC.C#CC(C)(C)O.CB(O)O.CB(O)O.CC.CC.CC.CC.CC.CC.CC.CC.CC.CC.CC#CC.CC(=O)O.CC(C)(C)[O-].CC=CC.CC=CC.CC=O.CCC.CCCC.CF.CO.COC(C)(F)F.COC(C)=O.COC(C)=S.OO.[K+].[Na+].[OH-]. The minimum absolute atomic E-state index is 0. The molecule has 0 radical (unpaired) electrons. The number of aldehydes is 1. The number of carboxylic acid groups (broad SMARTS) is 1. The number of carbonyl (C=O) groups excluding carboxylic acids is 2. The van der Waals surface area contributed by atoms with Crippen molar-refractivity contribution in [1.82, 2.24) is 0 Å². The predicted molar refractivity (Wildman–Crippen MR) is 410 cm³/mol. The van der Waals surface area contributed by atoms with Gasteiger partial charge in [0, 0.05) is 41.9 Å². The number of esters is 1. The van der Waals surface area contributed by atoms with Crippen LogP contribution < -0.4 is 86.0 Å². The Morgan fingerprint density at radius 3 is 0.645 bits per heavy atom. The number of halogens is 3. The van der Waals surface area contributed by atoms with E-state index < -0.39 is 37.5 Å². The first-order valence-corrected chi connectivity index (χ1v) is 31.3.